The molecule has 0 amide bonds. The molecule has 2 nitrogen and oxygen atoms in total. The molecule has 0 saturated carbocycles. The van der Waals surface area contributed by atoms with Crippen LogP contribution in [-0.2, 0) is 17.3 Å². The van der Waals surface area contributed by atoms with Crippen LogP contribution in [0.5, 0.6) is 0 Å². The van der Waals surface area contributed by atoms with Crippen molar-refractivity contribution in [1.82, 2.24) is 0 Å². The average Bonchev–Trinajstić information content (AvgIpc) is 2.25. The fraction of sp³-hybridized carbons (Fsp3) is 0.500. The minimum absolute atomic E-state index is 0.132. The van der Waals surface area contributed by atoms with Gasteiger partial charge in [-0.25, -0.2) is 0 Å². The van der Waals surface area contributed by atoms with Crippen LogP contribution in [0.2, 0.25) is 0 Å². The van der Waals surface area contributed by atoms with E-state index in [1.807, 2.05) is 0 Å². The lowest BCUT2D eigenvalue weighted by molar-refractivity contribution is -0.137. The Morgan fingerprint density at radius 2 is 2.06 bits per heavy atom. The van der Waals surface area contributed by atoms with Gasteiger partial charge in [-0.3, -0.25) is 0 Å². The summed E-state index contributed by atoms with van der Waals surface area (Å²) in [7, 11) is 0. The van der Waals surface area contributed by atoms with Gasteiger partial charge in [-0.1, -0.05) is 18.2 Å². The first kappa shape index (κ1) is 14.0. The number of aliphatic hydroxyl groups excluding tert-OH is 1. The molecule has 1 atom stereocenters. The summed E-state index contributed by atoms with van der Waals surface area (Å²) in [5, 5.41) is 9.52. The second kappa shape index (κ2) is 6.02. The van der Waals surface area contributed by atoms with Gasteiger partial charge in [-0.2, -0.15) is 13.2 Å². The van der Waals surface area contributed by atoms with Crippen LogP contribution >= 0.6 is 0 Å². The topological polar surface area (TPSA) is 29.5 Å². The van der Waals surface area contributed by atoms with Gasteiger partial charge in [0.05, 0.1) is 18.3 Å². The van der Waals surface area contributed by atoms with Crippen LogP contribution in [0.25, 0.3) is 0 Å². The van der Waals surface area contributed by atoms with E-state index in [2.05, 4.69) is 0 Å². The van der Waals surface area contributed by atoms with Crippen molar-refractivity contribution in [2.75, 3.05) is 13.2 Å². The van der Waals surface area contributed by atoms with E-state index in [-0.39, 0.29) is 13.0 Å². The molecule has 1 aromatic carbocycles. The third-order valence-electron chi connectivity index (χ3n) is 2.24. The molecule has 0 bridgehead atoms. The number of aliphatic hydroxyl groups is 1. The van der Waals surface area contributed by atoms with Gasteiger partial charge in [0.2, 0.25) is 0 Å². The van der Waals surface area contributed by atoms with Crippen LogP contribution in [0.3, 0.4) is 0 Å². The number of halogens is 3. The predicted molar refractivity (Wildman–Crippen MR) is 57.6 cm³/mol. The number of alkyl halides is 3. The molecule has 0 aliphatic rings. The molecule has 0 aromatic heterocycles. The first-order chi connectivity index (χ1) is 7.93. The van der Waals surface area contributed by atoms with Crippen molar-refractivity contribution in [2.24, 2.45) is 0 Å². The summed E-state index contributed by atoms with van der Waals surface area (Å²) >= 11 is 0. The molecule has 1 rings (SSSR count). The van der Waals surface area contributed by atoms with Gasteiger partial charge < -0.3 is 9.84 Å². The Morgan fingerprint density at radius 1 is 1.35 bits per heavy atom. The molecule has 17 heavy (non-hydrogen) atoms. The third kappa shape index (κ3) is 4.75. The molecule has 0 aliphatic carbocycles. The molecule has 1 unspecified atom stereocenters. The van der Waals surface area contributed by atoms with Crippen molar-refractivity contribution in [3.8, 4) is 0 Å². The highest BCUT2D eigenvalue weighted by Gasteiger charge is 2.30. The SMILES string of the molecule is CCOCC(O)Cc1cccc(C(F)(F)F)c1. The molecule has 0 heterocycles. The third-order valence-corrected chi connectivity index (χ3v) is 2.24. The Kier molecular flexibility index (Phi) is 4.96. The van der Waals surface area contributed by atoms with E-state index < -0.39 is 17.8 Å². The van der Waals surface area contributed by atoms with Gasteiger partial charge in [0, 0.05) is 13.0 Å². The number of hydrogen-bond donors (Lipinski definition) is 1. The molecule has 0 spiro atoms. The lowest BCUT2D eigenvalue weighted by Gasteiger charge is -2.12. The molecule has 0 aliphatic heterocycles. The maximum Gasteiger partial charge on any atom is 0.416 e. The van der Waals surface area contributed by atoms with Gasteiger partial charge >= 0.3 is 6.18 Å². The number of hydrogen-bond acceptors (Lipinski definition) is 2. The first-order valence-corrected chi connectivity index (χ1v) is 5.35. The van der Waals surface area contributed by atoms with Crippen molar-refractivity contribution < 1.29 is 23.0 Å². The minimum Gasteiger partial charge on any atom is -0.390 e. The van der Waals surface area contributed by atoms with Crippen molar-refractivity contribution in [3.63, 3.8) is 0 Å². The summed E-state index contributed by atoms with van der Waals surface area (Å²) in [4.78, 5) is 0. The maximum atomic E-state index is 12.4. The fourth-order valence-electron chi connectivity index (χ4n) is 1.46. The lowest BCUT2D eigenvalue weighted by Crippen LogP contribution is -2.18. The average molecular weight is 248 g/mol. The van der Waals surface area contributed by atoms with E-state index in [4.69, 9.17) is 4.74 Å². The number of ether oxygens (including phenoxy) is 1. The summed E-state index contributed by atoms with van der Waals surface area (Å²) in [6.45, 7) is 2.39. The van der Waals surface area contributed by atoms with Crippen LogP contribution in [0, 0.1) is 0 Å². The van der Waals surface area contributed by atoms with Crippen LogP contribution in [0.1, 0.15) is 18.1 Å². The highest BCUT2D eigenvalue weighted by Crippen LogP contribution is 2.29. The number of benzene rings is 1. The Bertz CT molecular complexity index is 350. The van der Waals surface area contributed by atoms with Gasteiger partial charge in [0.1, 0.15) is 0 Å². The molecule has 0 fully saturated rings. The molecule has 0 saturated heterocycles. The molecular formula is C12H15F3O2. The second-order valence-corrected chi connectivity index (χ2v) is 3.72. The summed E-state index contributed by atoms with van der Waals surface area (Å²) in [6.07, 6.45) is -4.97. The lowest BCUT2D eigenvalue weighted by atomic mass is 10.1. The molecule has 5 heteroatoms. The smallest absolute Gasteiger partial charge is 0.390 e. The van der Waals surface area contributed by atoms with E-state index in [1.54, 1.807) is 13.0 Å². The Labute approximate surface area is 98.0 Å². The van der Waals surface area contributed by atoms with Gasteiger partial charge in [-0.05, 0) is 18.6 Å². The molecular weight excluding hydrogens is 233 g/mol. The molecule has 0 radical (unpaired) electrons. The van der Waals surface area contributed by atoms with Crippen LogP contribution in [0.15, 0.2) is 24.3 Å². The van der Waals surface area contributed by atoms with Crippen molar-refractivity contribution >= 4 is 0 Å². The minimum atomic E-state index is -4.35. The van der Waals surface area contributed by atoms with E-state index in [9.17, 15) is 18.3 Å². The van der Waals surface area contributed by atoms with Crippen LogP contribution in [-0.4, -0.2) is 24.4 Å². The van der Waals surface area contributed by atoms with E-state index in [1.165, 1.54) is 6.07 Å². The Morgan fingerprint density at radius 3 is 2.65 bits per heavy atom. The zero-order valence-corrected chi connectivity index (χ0v) is 9.50. The van der Waals surface area contributed by atoms with Crippen LogP contribution < -0.4 is 0 Å². The fourth-order valence-corrected chi connectivity index (χ4v) is 1.46. The zero-order chi connectivity index (χ0) is 12.9. The van der Waals surface area contributed by atoms with E-state index in [0.717, 1.165) is 12.1 Å². The summed E-state index contributed by atoms with van der Waals surface area (Å²) in [6, 6.07) is 4.96. The molecule has 1 N–H and O–H groups in total. The van der Waals surface area contributed by atoms with Crippen LogP contribution in [0.4, 0.5) is 13.2 Å². The predicted octanol–water partition coefficient (Wildman–Crippen LogP) is 2.65. The maximum absolute atomic E-state index is 12.4. The summed E-state index contributed by atoms with van der Waals surface area (Å²) in [5.41, 5.74) is -0.245. The normalized spacial score (nSPS) is 13.7. The molecule has 96 valence electrons. The molecule has 1 aromatic rings. The van der Waals surface area contributed by atoms with Crippen molar-refractivity contribution in [2.45, 2.75) is 25.6 Å². The van der Waals surface area contributed by atoms with E-state index in [0.29, 0.717) is 12.2 Å². The highest BCUT2D eigenvalue weighted by atomic mass is 19.4. The van der Waals surface area contributed by atoms with Gasteiger partial charge in [-0.15, -0.1) is 0 Å². The zero-order valence-electron chi connectivity index (χ0n) is 9.50. The van der Waals surface area contributed by atoms with Gasteiger partial charge in [0.15, 0.2) is 0 Å². The number of rotatable bonds is 5. The first-order valence-electron chi connectivity index (χ1n) is 5.35. The quantitative estimate of drug-likeness (QED) is 0.868. The monoisotopic (exact) mass is 248 g/mol. The summed E-state index contributed by atoms with van der Waals surface area (Å²) < 4.78 is 42.3. The summed E-state index contributed by atoms with van der Waals surface area (Å²) in [5.74, 6) is 0. The van der Waals surface area contributed by atoms with Crippen molar-refractivity contribution in [3.05, 3.63) is 35.4 Å². The largest absolute Gasteiger partial charge is 0.416 e. The van der Waals surface area contributed by atoms with Crippen molar-refractivity contribution in [1.29, 1.82) is 0 Å². The highest BCUT2D eigenvalue weighted by molar-refractivity contribution is 5.26. The second-order valence-electron chi connectivity index (χ2n) is 3.72. The van der Waals surface area contributed by atoms with Gasteiger partial charge in [0.25, 0.3) is 0 Å². The van der Waals surface area contributed by atoms with E-state index >= 15 is 0 Å². The Balaban J connectivity index is 2.66. The Hall–Kier alpha value is -1.07. The standard InChI is InChI=1S/C12H15F3O2/c1-2-17-8-11(16)7-9-4-3-5-10(6-9)12(13,14)15/h3-6,11,16H,2,7-8H2,1H3.